The van der Waals surface area contributed by atoms with Crippen molar-refractivity contribution in [2.45, 2.75) is 19.1 Å². The van der Waals surface area contributed by atoms with Crippen LogP contribution in [0.2, 0.25) is 0 Å². The molecule has 1 heterocycles. The summed E-state index contributed by atoms with van der Waals surface area (Å²) in [5.74, 6) is -1.32. The van der Waals surface area contributed by atoms with E-state index < -0.39 is 35.8 Å². The number of hydrogen-bond donors (Lipinski definition) is 1. The maximum atomic E-state index is 13.1. The number of anilines is 1. The molecule has 0 aromatic heterocycles. The summed E-state index contributed by atoms with van der Waals surface area (Å²) in [4.78, 5) is 38.1. The number of amides is 2. The average molecular weight is 448 g/mol. The lowest BCUT2D eigenvalue weighted by Gasteiger charge is -2.35. The second kappa shape index (κ2) is 8.74. The quantitative estimate of drug-likeness (QED) is 0.709. The predicted octanol–water partition coefficient (Wildman–Crippen LogP) is 4.21. The van der Waals surface area contributed by atoms with Gasteiger partial charge in [0.05, 0.1) is 42.6 Å². The molecule has 168 valence electrons. The van der Waals surface area contributed by atoms with Crippen LogP contribution in [0.4, 0.5) is 23.7 Å². The van der Waals surface area contributed by atoms with Crippen molar-refractivity contribution in [3.8, 4) is 0 Å². The number of hydrogen-bond acceptors (Lipinski definition) is 5. The van der Waals surface area contributed by atoms with Gasteiger partial charge in [-0.3, -0.25) is 4.90 Å². The average Bonchev–Trinajstić information content (AvgIpc) is 2.77. The van der Waals surface area contributed by atoms with Crippen molar-refractivity contribution in [3.63, 3.8) is 0 Å². The number of benzene rings is 2. The van der Waals surface area contributed by atoms with Crippen LogP contribution in [0.1, 0.15) is 34.5 Å². The van der Waals surface area contributed by atoms with Gasteiger partial charge in [-0.25, -0.2) is 14.4 Å². The van der Waals surface area contributed by atoms with E-state index >= 15 is 0 Å². The first-order valence-corrected chi connectivity index (χ1v) is 9.33. The number of methoxy groups -OCH3 is 2. The highest BCUT2D eigenvalue weighted by Gasteiger charge is 2.38. The van der Waals surface area contributed by atoms with Gasteiger partial charge >= 0.3 is 24.1 Å². The fourth-order valence-electron chi connectivity index (χ4n) is 3.43. The van der Waals surface area contributed by atoms with E-state index in [9.17, 15) is 27.6 Å². The summed E-state index contributed by atoms with van der Waals surface area (Å²) in [7, 11) is 2.40. The molecule has 2 aromatic rings. The highest BCUT2D eigenvalue weighted by Crippen LogP contribution is 2.37. The Morgan fingerprint density at radius 2 is 1.62 bits per heavy atom. The van der Waals surface area contributed by atoms with Gasteiger partial charge in [-0.05, 0) is 42.8 Å². The van der Waals surface area contributed by atoms with Crippen LogP contribution in [0, 0.1) is 0 Å². The number of rotatable bonds is 4. The first-order valence-electron chi connectivity index (χ1n) is 9.33. The maximum Gasteiger partial charge on any atom is 0.416 e. The lowest BCUT2D eigenvalue weighted by atomic mass is 9.94. The molecular weight excluding hydrogens is 429 g/mol. The third kappa shape index (κ3) is 4.29. The summed E-state index contributed by atoms with van der Waals surface area (Å²) in [6, 6.07) is 8.56. The van der Waals surface area contributed by atoms with Gasteiger partial charge in [0.2, 0.25) is 0 Å². The number of nitrogens with zero attached hydrogens (tertiary/aromatic N) is 1. The van der Waals surface area contributed by atoms with E-state index in [0.717, 1.165) is 24.1 Å². The number of ether oxygens (including phenoxy) is 2. The number of halogens is 3. The standard InChI is InChI=1S/C22H19F3N2O5/c1-12-17(20(29)32-3)18(13-7-9-14(10-8-13)19(28)31-2)26-21(30)27(12)16-6-4-5-15(11-16)22(23,24)25/h4-11,18H,1-3H3,(H,26,30). The summed E-state index contributed by atoms with van der Waals surface area (Å²) in [6.07, 6.45) is -4.60. The highest BCUT2D eigenvalue weighted by molar-refractivity contribution is 6.03. The molecule has 1 aliphatic heterocycles. The van der Waals surface area contributed by atoms with Crippen molar-refractivity contribution in [1.29, 1.82) is 0 Å². The smallest absolute Gasteiger partial charge is 0.416 e. The molecule has 0 aliphatic carbocycles. The monoisotopic (exact) mass is 448 g/mol. The molecule has 0 saturated heterocycles. The third-order valence-electron chi connectivity index (χ3n) is 4.99. The molecule has 3 rings (SSSR count). The van der Waals surface area contributed by atoms with E-state index in [1.54, 1.807) is 0 Å². The second-order valence-corrected chi connectivity index (χ2v) is 6.87. The number of alkyl halides is 3. The Hall–Kier alpha value is -3.82. The molecule has 0 saturated carbocycles. The summed E-state index contributed by atoms with van der Waals surface area (Å²) in [5, 5.41) is 2.63. The van der Waals surface area contributed by atoms with Crippen molar-refractivity contribution in [3.05, 3.63) is 76.5 Å². The van der Waals surface area contributed by atoms with E-state index in [1.807, 2.05) is 0 Å². The highest BCUT2D eigenvalue weighted by atomic mass is 19.4. The van der Waals surface area contributed by atoms with Gasteiger partial charge in [0.1, 0.15) is 0 Å². The third-order valence-corrected chi connectivity index (χ3v) is 4.99. The predicted molar refractivity (Wildman–Crippen MR) is 108 cm³/mol. The minimum absolute atomic E-state index is 0.0373. The minimum Gasteiger partial charge on any atom is -0.466 e. The molecule has 1 N–H and O–H groups in total. The van der Waals surface area contributed by atoms with E-state index in [-0.39, 0.29) is 22.5 Å². The summed E-state index contributed by atoms with van der Waals surface area (Å²) < 4.78 is 49.0. The number of nitrogens with one attached hydrogen (secondary N) is 1. The minimum atomic E-state index is -4.60. The van der Waals surface area contributed by atoms with Crippen molar-refractivity contribution in [2.75, 3.05) is 19.1 Å². The summed E-state index contributed by atoms with van der Waals surface area (Å²) in [5.41, 5.74) is -0.109. The molecule has 1 unspecified atom stereocenters. The molecule has 0 radical (unpaired) electrons. The number of esters is 2. The first kappa shape index (κ1) is 22.9. The molecule has 2 aromatic carbocycles. The Labute approximate surface area is 181 Å². The van der Waals surface area contributed by atoms with E-state index in [1.165, 1.54) is 50.4 Å². The van der Waals surface area contributed by atoms with Gasteiger partial charge in [-0.2, -0.15) is 13.2 Å². The Balaban J connectivity index is 2.09. The van der Waals surface area contributed by atoms with Crippen molar-refractivity contribution in [1.82, 2.24) is 5.32 Å². The maximum absolute atomic E-state index is 13.1. The van der Waals surface area contributed by atoms with Gasteiger partial charge in [-0.1, -0.05) is 18.2 Å². The van der Waals surface area contributed by atoms with Crippen LogP contribution in [-0.4, -0.2) is 32.2 Å². The van der Waals surface area contributed by atoms with Crippen molar-refractivity contribution in [2.24, 2.45) is 0 Å². The van der Waals surface area contributed by atoms with Crippen LogP contribution in [0.15, 0.2) is 59.8 Å². The lowest BCUT2D eigenvalue weighted by molar-refractivity contribution is -0.138. The molecular formula is C22H19F3N2O5. The molecule has 1 aliphatic rings. The van der Waals surface area contributed by atoms with E-state index in [0.29, 0.717) is 5.56 Å². The molecule has 7 nitrogen and oxygen atoms in total. The topological polar surface area (TPSA) is 84.9 Å². The molecule has 10 heteroatoms. The Kier molecular flexibility index (Phi) is 6.24. The van der Waals surface area contributed by atoms with E-state index in [2.05, 4.69) is 10.1 Å². The second-order valence-electron chi connectivity index (χ2n) is 6.87. The van der Waals surface area contributed by atoms with Crippen LogP contribution in [0.5, 0.6) is 0 Å². The molecule has 32 heavy (non-hydrogen) atoms. The zero-order valence-electron chi connectivity index (χ0n) is 17.3. The summed E-state index contributed by atoms with van der Waals surface area (Å²) >= 11 is 0. The lowest BCUT2D eigenvalue weighted by Crippen LogP contribution is -2.48. The number of carbonyl (C=O) groups excluding carboxylic acids is 3. The Bertz CT molecular complexity index is 1090. The molecule has 0 spiro atoms. The van der Waals surface area contributed by atoms with Crippen molar-refractivity contribution >= 4 is 23.7 Å². The normalized spacial score (nSPS) is 16.5. The first-order chi connectivity index (χ1) is 15.1. The van der Waals surface area contributed by atoms with Gasteiger partial charge in [0.15, 0.2) is 0 Å². The summed E-state index contributed by atoms with van der Waals surface area (Å²) in [6.45, 7) is 1.45. The number of allylic oxidation sites excluding steroid dienone is 1. The Morgan fingerprint density at radius 1 is 1.00 bits per heavy atom. The Morgan fingerprint density at radius 3 is 2.19 bits per heavy atom. The zero-order valence-corrected chi connectivity index (χ0v) is 17.3. The number of urea groups is 1. The van der Waals surface area contributed by atoms with Crippen LogP contribution in [-0.2, 0) is 20.4 Å². The van der Waals surface area contributed by atoms with Crippen LogP contribution in [0.3, 0.4) is 0 Å². The van der Waals surface area contributed by atoms with E-state index in [4.69, 9.17) is 4.74 Å². The van der Waals surface area contributed by atoms with Gasteiger partial charge in [-0.15, -0.1) is 0 Å². The van der Waals surface area contributed by atoms with Gasteiger partial charge < -0.3 is 14.8 Å². The molecule has 0 fully saturated rings. The molecule has 1 atom stereocenters. The molecule has 2 amide bonds. The van der Waals surface area contributed by atoms with Gasteiger partial charge in [0.25, 0.3) is 0 Å². The van der Waals surface area contributed by atoms with Gasteiger partial charge in [0, 0.05) is 5.70 Å². The fraction of sp³-hybridized carbons (Fsp3) is 0.227. The SMILES string of the molecule is COC(=O)C1=C(C)N(c2cccc(C(F)(F)F)c2)C(=O)NC1c1ccc(C(=O)OC)cc1. The van der Waals surface area contributed by atoms with Crippen LogP contribution in [0.25, 0.3) is 0 Å². The fourth-order valence-corrected chi connectivity index (χ4v) is 3.43. The zero-order chi connectivity index (χ0) is 23.6. The van der Waals surface area contributed by atoms with Crippen molar-refractivity contribution < 1.29 is 37.0 Å². The molecule has 0 bridgehead atoms. The van der Waals surface area contributed by atoms with Crippen LogP contribution >= 0.6 is 0 Å². The largest absolute Gasteiger partial charge is 0.466 e. The van der Waals surface area contributed by atoms with Crippen LogP contribution < -0.4 is 10.2 Å². The number of carbonyl (C=O) groups is 3.